The molecule has 0 unspecified atom stereocenters. The van der Waals surface area contributed by atoms with Gasteiger partial charge in [0.1, 0.15) is 5.82 Å². The molecule has 1 aromatic rings. The van der Waals surface area contributed by atoms with Gasteiger partial charge in [0.25, 0.3) is 0 Å². The zero-order valence-electron chi connectivity index (χ0n) is 10.5. The molecule has 1 fully saturated rings. The van der Waals surface area contributed by atoms with E-state index in [0.29, 0.717) is 5.56 Å². The van der Waals surface area contributed by atoms with E-state index >= 15 is 0 Å². The first-order valence-corrected chi connectivity index (χ1v) is 7.80. The van der Waals surface area contributed by atoms with Gasteiger partial charge in [0.05, 0.1) is 5.75 Å². The second-order valence-electron chi connectivity index (χ2n) is 4.84. The summed E-state index contributed by atoms with van der Waals surface area (Å²) in [5.41, 5.74) is 0.626. The fourth-order valence-corrected chi connectivity index (χ4v) is 3.87. The summed E-state index contributed by atoms with van der Waals surface area (Å²) >= 11 is 0. The smallest absolute Gasteiger partial charge is 0.212 e. The molecule has 1 aliphatic rings. The Kier molecular flexibility index (Phi) is 4.02. The lowest BCUT2D eigenvalue weighted by Gasteiger charge is -2.23. The van der Waals surface area contributed by atoms with Crippen molar-refractivity contribution < 1.29 is 12.8 Å². The Hall–Kier alpha value is -0.940. The molecule has 0 saturated heterocycles. The van der Waals surface area contributed by atoms with Crippen LogP contribution in [-0.4, -0.2) is 25.8 Å². The number of hydrogen-bond acceptors (Lipinski definition) is 2. The third-order valence-corrected chi connectivity index (χ3v) is 5.41. The molecule has 0 bridgehead atoms. The standard InChI is InChI=1S/C13H18FNO2S/c1-15(13-4-2-3-5-13)18(16,17)10-11-6-8-12(14)9-7-11/h6-9,13H,2-5,10H2,1H3. The Morgan fingerprint density at radius 1 is 1.22 bits per heavy atom. The van der Waals surface area contributed by atoms with Crippen LogP contribution in [0.5, 0.6) is 0 Å². The van der Waals surface area contributed by atoms with Crippen molar-refractivity contribution in [3.05, 3.63) is 35.6 Å². The van der Waals surface area contributed by atoms with Gasteiger partial charge in [-0.25, -0.2) is 17.1 Å². The lowest BCUT2D eigenvalue weighted by atomic mass is 10.2. The summed E-state index contributed by atoms with van der Waals surface area (Å²) in [4.78, 5) is 0. The predicted octanol–water partition coefficient (Wildman–Crippen LogP) is 2.53. The van der Waals surface area contributed by atoms with Gasteiger partial charge in [-0.1, -0.05) is 25.0 Å². The lowest BCUT2D eigenvalue weighted by molar-refractivity contribution is 0.372. The minimum absolute atomic E-state index is 0.0553. The van der Waals surface area contributed by atoms with E-state index in [1.165, 1.54) is 28.6 Å². The van der Waals surface area contributed by atoms with Gasteiger partial charge in [-0.15, -0.1) is 0 Å². The molecule has 0 N–H and O–H groups in total. The van der Waals surface area contributed by atoms with Crippen molar-refractivity contribution in [2.75, 3.05) is 7.05 Å². The average molecular weight is 271 g/mol. The Balaban J connectivity index is 2.08. The van der Waals surface area contributed by atoms with Crippen molar-refractivity contribution in [3.8, 4) is 0 Å². The monoisotopic (exact) mass is 271 g/mol. The zero-order chi connectivity index (χ0) is 13.2. The van der Waals surface area contributed by atoms with E-state index in [9.17, 15) is 12.8 Å². The van der Waals surface area contributed by atoms with Crippen molar-refractivity contribution in [2.45, 2.75) is 37.5 Å². The highest BCUT2D eigenvalue weighted by Gasteiger charge is 2.28. The molecule has 18 heavy (non-hydrogen) atoms. The van der Waals surface area contributed by atoms with Crippen molar-refractivity contribution >= 4 is 10.0 Å². The third-order valence-electron chi connectivity index (χ3n) is 3.54. The maximum atomic E-state index is 12.8. The Morgan fingerprint density at radius 3 is 2.33 bits per heavy atom. The molecule has 0 spiro atoms. The normalized spacial score (nSPS) is 17.5. The highest BCUT2D eigenvalue weighted by atomic mass is 32.2. The molecule has 0 aliphatic heterocycles. The summed E-state index contributed by atoms with van der Waals surface area (Å²) in [6, 6.07) is 5.77. The van der Waals surface area contributed by atoms with Crippen LogP contribution in [0.3, 0.4) is 0 Å². The summed E-state index contributed by atoms with van der Waals surface area (Å²) in [5, 5.41) is 0. The summed E-state index contributed by atoms with van der Waals surface area (Å²) in [6.45, 7) is 0. The van der Waals surface area contributed by atoms with Gasteiger partial charge in [0.15, 0.2) is 0 Å². The third kappa shape index (κ3) is 3.09. The van der Waals surface area contributed by atoms with E-state index < -0.39 is 10.0 Å². The van der Waals surface area contributed by atoms with Crippen molar-refractivity contribution in [2.24, 2.45) is 0 Å². The van der Waals surface area contributed by atoms with Crippen LogP contribution in [0.2, 0.25) is 0 Å². The average Bonchev–Trinajstić information content (AvgIpc) is 2.84. The molecule has 0 amide bonds. The fraction of sp³-hybridized carbons (Fsp3) is 0.538. The largest absolute Gasteiger partial charge is 0.218 e. The summed E-state index contributed by atoms with van der Waals surface area (Å²) in [6.07, 6.45) is 4.08. The van der Waals surface area contributed by atoms with Crippen molar-refractivity contribution in [3.63, 3.8) is 0 Å². The molecule has 1 saturated carbocycles. The molecule has 3 nitrogen and oxygen atoms in total. The SMILES string of the molecule is CN(C1CCCC1)S(=O)(=O)Cc1ccc(F)cc1. The highest BCUT2D eigenvalue weighted by molar-refractivity contribution is 7.88. The van der Waals surface area contributed by atoms with Gasteiger partial charge >= 0.3 is 0 Å². The molecule has 0 atom stereocenters. The van der Waals surface area contributed by atoms with Crippen LogP contribution in [0.4, 0.5) is 4.39 Å². The van der Waals surface area contributed by atoms with Crippen LogP contribution >= 0.6 is 0 Å². The van der Waals surface area contributed by atoms with Crippen molar-refractivity contribution in [1.29, 1.82) is 0 Å². The Morgan fingerprint density at radius 2 is 1.78 bits per heavy atom. The Labute approximate surface area is 108 Å². The topological polar surface area (TPSA) is 37.4 Å². The maximum Gasteiger partial charge on any atom is 0.218 e. The quantitative estimate of drug-likeness (QED) is 0.844. The van der Waals surface area contributed by atoms with Gasteiger partial charge in [0.2, 0.25) is 10.0 Å². The maximum absolute atomic E-state index is 12.8. The van der Waals surface area contributed by atoms with E-state index in [1.54, 1.807) is 7.05 Å². The lowest BCUT2D eigenvalue weighted by Crippen LogP contribution is -2.36. The Bertz CT molecular complexity index is 492. The first kappa shape index (κ1) is 13.5. The molecular weight excluding hydrogens is 253 g/mol. The van der Waals surface area contributed by atoms with Crippen LogP contribution in [0.15, 0.2) is 24.3 Å². The van der Waals surface area contributed by atoms with Gasteiger partial charge in [-0.3, -0.25) is 0 Å². The zero-order valence-corrected chi connectivity index (χ0v) is 11.3. The predicted molar refractivity (Wildman–Crippen MR) is 69.0 cm³/mol. The molecule has 100 valence electrons. The number of hydrogen-bond donors (Lipinski definition) is 0. The molecule has 0 radical (unpaired) electrons. The second-order valence-corrected chi connectivity index (χ2v) is 6.87. The number of benzene rings is 1. The van der Waals surface area contributed by atoms with Gasteiger partial charge in [-0.05, 0) is 30.5 Å². The molecule has 5 heteroatoms. The number of nitrogens with zero attached hydrogens (tertiary/aromatic N) is 1. The van der Waals surface area contributed by atoms with Gasteiger partial charge in [0, 0.05) is 13.1 Å². The first-order chi connectivity index (χ1) is 8.49. The van der Waals surface area contributed by atoms with Crippen LogP contribution in [0.25, 0.3) is 0 Å². The number of rotatable bonds is 4. The van der Waals surface area contributed by atoms with Crippen LogP contribution < -0.4 is 0 Å². The number of halogens is 1. The molecular formula is C13H18FNO2S. The van der Waals surface area contributed by atoms with Gasteiger partial charge < -0.3 is 0 Å². The van der Waals surface area contributed by atoms with Gasteiger partial charge in [-0.2, -0.15) is 0 Å². The molecule has 0 heterocycles. The minimum atomic E-state index is -3.30. The number of sulfonamides is 1. The van der Waals surface area contributed by atoms with Crippen LogP contribution in [0, 0.1) is 5.82 Å². The molecule has 0 aromatic heterocycles. The second kappa shape index (κ2) is 5.36. The summed E-state index contributed by atoms with van der Waals surface area (Å²) in [5.74, 6) is -0.402. The summed E-state index contributed by atoms with van der Waals surface area (Å²) in [7, 11) is -1.65. The van der Waals surface area contributed by atoms with E-state index in [-0.39, 0.29) is 17.6 Å². The molecule has 1 aromatic carbocycles. The highest BCUT2D eigenvalue weighted by Crippen LogP contribution is 2.25. The minimum Gasteiger partial charge on any atom is -0.212 e. The van der Waals surface area contributed by atoms with Crippen molar-refractivity contribution in [1.82, 2.24) is 4.31 Å². The van der Waals surface area contributed by atoms with E-state index in [2.05, 4.69) is 0 Å². The van der Waals surface area contributed by atoms with E-state index in [0.717, 1.165) is 25.7 Å². The summed E-state index contributed by atoms with van der Waals surface area (Å²) < 4.78 is 38.7. The first-order valence-electron chi connectivity index (χ1n) is 6.19. The van der Waals surface area contributed by atoms with Crippen LogP contribution in [-0.2, 0) is 15.8 Å². The van der Waals surface area contributed by atoms with E-state index in [4.69, 9.17) is 0 Å². The fourth-order valence-electron chi connectivity index (χ4n) is 2.39. The van der Waals surface area contributed by atoms with E-state index in [1.807, 2.05) is 0 Å². The van der Waals surface area contributed by atoms with Crippen LogP contribution in [0.1, 0.15) is 31.2 Å². The molecule has 1 aliphatic carbocycles. The molecule has 2 rings (SSSR count).